The van der Waals surface area contributed by atoms with E-state index in [1.165, 1.54) is 31.4 Å². The van der Waals surface area contributed by atoms with Gasteiger partial charge < -0.3 is 15.6 Å². The Morgan fingerprint density at radius 2 is 1.77 bits per heavy atom. The van der Waals surface area contributed by atoms with E-state index in [-0.39, 0.29) is 11.4 Å². The molecule has 6 nitrogen and oxygen atoms in total. The molecule has 1 aliphatic rings. The number of aliphatic carboxylic acids is 1. The van der Waals surface area contributed by atoms with Crippen molar-refractivity contribution in [3.63, 3.8) is 0 Å². The minimum absolute atomic E-state index is 0.0296. The maximum absolute atomic E-state index is 13.1. The number of carboxylic acids is 1. The maximum atomic E-state index is 13.1. The van der Waals surface area contributed by atoms with Gasteiger partial charge in [0.15, 0.2) is 9.84 Å². The molecule has 0 spiro atoms. The standard InChI is InChI=1S/C18H18ClNO5S/c1-25-13-6-2-11(3-7-13)15-16(18(15,10-20)17(21)22)26(23,24)14-8-4-12(19)5-9-14/h2-9,15-16H,10,20H2,1H3,(H,21,22)/t15-,16-,18-/m1/s1. The van der Waals surface area contributed by atoms with Crippen molar-refractivity contribution in [2.45, 2.75) is 16.1 Å². The number of hydrogen-bond donors (Lipinski definition) is 2. The van der Waals surface area contributed by atoms with E-state index in [0.717, 1.165) is 0 Å². The number of nitrogens with two attached hydrogens (primary N) is 1. The molecule has 0 radical (unpaired) electrons. The normalized spacial score (nSPS) is 24.9. The molecule has 1 fully saturated rings. The lowest BCUT2D eigenvalue weighted by atomic mass is 9.99. The molecular weight excluding hydrogens is 378 g/mol. The summed E-state index contributed by atoms with van der Waals surface area (Å²) in [5.74, 6) is -1.36. The Morgan fingerprint density at radius 3 is 2.23 bits per heavy atom. The second kappa shape index (κ2) is 6.57. The lowest BCUT2D eigenvalue weighted by molar-refractivity contribution is -0.143. The van der Waals surface area contributed by atoms with Crippen molar-refractivity contribution in [2.75, 3.05) is 13.7 Å². The first-order valence-electron chi connectivity index (χ1n) is 7.86. The van der Waals surface area contributed by atoms with Gasteiger partial charge in [0, 0.05) is 17.5 Å². The number of halogens is 1. The van der Waals surface area contributed by atoms with Crippen LogP contribution in [0.3, 0.4) is 0 Å². The van der Waals surface area contributed by atoms with Crippen molar-refractivity contribution in [2.24, 2.45) is 11.1 Å². The van der Waals surface area contributed by atoms with Crippen molar-refractivity contribution in [1.29, 1.82) is 0 Å². The molecule has 0 aliphatic heterocycles. The van der Waals surface area contributed by atoms with Gasteiger partial charge in [-0.15, -0.1) is 0 Å². The largest absolute Gasteiger partial charge is 0.497 e. The molecule has 1 aliphatic carbocycles. The summed E-state index contributed by atoms with van der Waals surface area (Å²) in [5.41, 5.74) is 4.79. The van der Waals surface area contributed by atoms with Gasteiger partial charge in [-0.05, 0) is 42.0 Å². The molecule has 0 aromatic heterocycles. The highest BCUT2D eigenvalue weighted by molar-refractivity contribution is 7.92. The molecule has 138 valence electrons. The van der Waals surface area contributed by atoms with Crippen LogP contribution in [0.1, 0.15) is 11.5 Å². The quantitative estimate of drug-likeness (QED) is 0.777. The van der Waals surface area contributed by atoms with Gasteiger partial charge in [-0.25, -0.2) is 8.42 Å². The third-order valence-corrected chi connectivity index (χ3v) is 7.49. The van der Waals surface area contributed by atoms with Gasteiger partial charge in [-0.3, -0.25) is 4.79 Å². The summed E-state index contributed by atoms with van der Waals surface area (Å²) in [6.45, 7) is -0.281. The molecule has 0 unspecified atom stereocenters. The molecule has 2 aromatic rings. The lowest BCUT2D eigenvalue weighted by Crippen LogP contribution is -2.31. The van der Waals surface area contributed by atoms with Crippen LogP contribution >= 0.6 is 11.6 Å². The molecule has 3 rings (SSSR count). The maximum Gasteiger partial charge on any atom is 0.312 e. The summed E-state index contributed by atoms with van der Waals surface area (Å²) >= 11 is 5.82. The summed E-state index contributed by atoms with van der Waals surface area (Å²) in [7, 11) is -2.40. The summed E-state index contributed by atoms with van der Waals surface area (Å²) in [4.78, 5) is 12.0. The number of carboxylic acid groups (broad SMARTS) is 1. The predicted molar refractivity (Wildman–Crippen MR) is 97.3 cm³/mol. The van der Waals surface area contributed by atoms with Gasteiger partial charge in [0.25, 0.3) is 0 Å². The highest BCUT2D eigenvalue weighted by atomic mass is 35.5. The number of carbonyl (C=O) groups is 1. The Morgan fingerprint density at radius 1 is 1.19 bits per heavy atom. The Kier molecular flexibility index (Phi) is 4.72. The lowest BCUT2D eigenvalue weighted by Gasteiger charge is -2.10. The number of benzene rings is 2. The first kappa shape index (κ1) is 18.7. The van der Waals surface area contributed by atoms with E-state index in [1.807, 2.05) is 0 Å². The average molecular weight is 396 g/mol. The zero-order chi connectivity index (χ0) is 19.1. The number of rotatable bonds is 6. The molecule has 3 atom stereocenters. The van der Waals surface area contributed by atoms with Crippen LogP contribution in [-0.4, -0.2) is 38.4 Å². The number of sulfone groups is 1. The van der Waals surface area contributed by atoms with E-state index in [9.17, 15) is 18.3 Å². The fourth-order valence-electron chi connectivity index (χ4n) is 3.50. The molecular formula is C18H18ClNO5S. The van der Waals surface area contributed by atoms with Crippen LogP contribution in [0.4, 0.5) is 0 Å². The molecule has 0 saturated heterocycles. The molecule has 0 bridgehead atoms. The average Bonchev–Trinajstić information content (AvgIpc) is 3.34. The van der Waals surface area contributed by atoms with E-state index >= 15 is 0 Å². The SMILES string of the molecule is COc1ccc([C@@H]2[C@@H](S(=O)(=O)c3ccc(Cl)cc3)[C@]2(CN)C(=O)O)cc1. The van der Waals surface area contributed by atoms with Crippen LogP contribution in [0.5, 0.6) is 5.75 Å². The first-order chi connectivity index (χ1) is 12.3. The third-order valence-electron chi connectivity index (χ3n) is 4.94. The van der Waals surface area contributed by atoms with Crippen LogP contribution in [-0.2, 0) is 14.6 Å². The van der Waals surface area contributed by atoms with Gasteiger partial charge in [0.2, 0.25) is 0 Å². The fraction of sp³-hybridized carbons (Fsp3) is 0.278. The summed E-state index contributed by atoms with van der Waals surface area (Å²) < 4.78 is 31.3. The van der Waals surface area contributed by atoms with Crippen LogP contribution in [0.25, 0.3) is 0 Å². The van der Waals surface area contributed by atoms with Gasteiger partial charge in [-0.2, -0.15) is 0 Å². The summed E-state index contributed by atoms with van der Waals surface area (Å²) in [5, 5.41) is 9.02. The molecule has 26 heavy (non-hydrogen) atoms. The molecule has 3 N–H and O–H groups in total. The highest BCUT2D eigenvalue weighted by Gasteiger charge is 2.75. The van der Waals surface area contributed by atoms with Crippen LogP contribution in [0.2, 0.25) is 5.02 Å². The van der Waals surface area contributed by atoms with Gasteiger partial charge in [0.1, 0.15) is 11.2 Å². The van der Waals surface area contributed by atoms with Crippen LogP contribution in [0, 0.1) is 5.41 Å². The number of methoxy groups -OCH3 is 1. The molecule has 1 saturated carbocycles. The smallest absolute Gasteiger partial charge is 0.312 e. The Labute approximate surface area is 156 Å². The van der Waals surface area contributed by atoms with Crippen molar-refractivity contribution >= 4 is 27.4 Å². The van der Waals surface area contributed by atoms with Crippen LogP contribution in [0.15, 0.2) is 53.4 Å². The molecule has 0 heterocycles. The number of ether oxygens (including phenoxy) is 1. The van der Waals surface area contributed by atoms with Crippen molar-refractivity contribution < 1.29 is 23.1 Å². The van der Waals surface area contributed by atoms with Gasteiger partial charge in [-0.1, -0.05) is 23.7 Å². The monoisotopic (exact) mass is 395 g/mol. The summed E-state index contributed by atoms with van der Waals surface area (Å²) in [6, 6.07) is 12.4. The Hall–Kier alpha value is -2.09. The van der Waals surface area contributed by atoms with E-state index in [2.05, 4.69) is 0 Å². The Balaban J connectivity index is 2.08. The third kappa shape index (κ3) is 2.76. The van der Waals surface area contributed by atoms with Gasteiger partial charge in [0.05, 0.1) is 17.3 Å². The van der Waals surface area contributed by atoms with Crippen molar-refractivity contribution in [3.05, 3.63) is 59.1 Å². The molecule has 2 aromatic carbocycles. The minimum Gasteiger partial charge on any atom is -0.497 e. The zero-order valence-electron chi connectivity index (χ0n) is 13.9. The topological polar surface area (TPSA) is 107 Å². The zero-order valence-corrected chi connectivity index (χ0v) is 15.5. The van der Waals surface area contributed by atoms with Gasteiger partial charge >= 0.3 is 5.97 Å². The van der Waals surface area contributed by atoms with Crippen LogP contribution < -0.4 is 10.5 Å². The Bertz CT molecular complexity index is 927. The predicted octanol–water partition coefficient (Wildman–Crippen LogP) is 2.32. The van der Waals surface area contributed by atoms with E-state index in [1.54, 1.807) is 24.3 Å². The molecule has 0 amide bonds. The molecule has 8 heteroatoms. The van der Waals surface area contributed by atoms with E-state index in [4.69, 9.17) is 22.1 Å². The van der Waals surface area contributed by atoms with Crippen molar-refractivity contribution in [1.82, 2.24) is 0 Å². The van der Waals surface area contributed by atoms with E-state index in [0.29, 0.717) is 16.3 Å². The fourth-order valence-corrected chi connectivity index (χ4v) is 6.01. The number of hydrogen-bond acceptors (Lipinski definition) is 5. The van der Waals surface area contributed by atoms with Crippen molar-refractivity contribution in [3.8, 4) is 5.75 Å². The highest BCUT2D eigenvalue weighted by Crippen LogP contribution is 2.63. The van der Waals surface area contributed by atoms with E-state index < -0.39 is 32.4 Å². The minimum atomic E-state index is -3.91. The first-order valence-corrected chi connectivity index (χ1v) is 9.78. The second-order valence-corrected chi connectivity index (χ2v) is 8.73. The second-order valence-electron chi connectivity index (χ2n) is 6.22. The summed E-state index contributed by atoms with van der Waals surface area (Å²) in [6.07, 6.45) is 0.